The number of thiophene rings is 2. The van der Waals surface area contributed by atoms with Crippen molar-refractivity contribution in [3.63, 3.8) is 0 Å². The van der Waals surface area contributed by atoms with Crippen molar-refractivity contribution in [2.75, 3.05) is 26.2 Å². The van der Waals surface area contributed by atoms with Crippen molar-refractivity contribution in [1.82, 2.24) is 4.90 Å². The van der Waals surface area contributed by atoms with Gasteiger partial charge in [0.25, 0.3) is 0 Å². The second-order valence-electron chi connectivity index (χ2n) is 15.4. The zero-order valence-electron chi connectivity index (χ0n) is 30.9. The Hall–Kier alpha value is -2.95. The highest BCUT2D eigenvalue weighted by atomic mass is 32.1. The summed E-state index contributed by atoms with van der Waals surface area (Å²) in [6, 6.07) is 24.3. The van der Waals surface area contributed by atoms with Crippen molar-refractivity contribution >= 4 is 28.5 Å². The maximum absolute atomic E-state index is 14.3. The molecule has 3 aliphatic carbocycles. The van der Waals surface area contributed by atoms with E-state index in [0.717, 1.165) is 53.7 Å². The molecule has 2 bridgehead atoms. The number of rotatable bonds is 13. The smallest absolute Gasteiger partial charge is 0.203 e. The van der Waals surface area contributed by atoms with Gasteiger partial charge in [-0.2, -0.15) is 0 Å². The molecule has 0 amide bonds. The summed E-state index contributed by atoms with van der Waals surface area (Å²) in [4.78, 5) is 19.6. The van der Waals surface area contributed by atoms with E-state index in [1.165, 1.54) is 21.8 Å². The van der Waals surface area contributed by atoms with Gasteiger partial charge in [-0.05, 0) is 117 Å². The van der Waals surface area contributed by atoms with Gasteiger partial charge in [-0.15, -0.1) is 22.7 Å². The van der Waals surface area contributed by atoms with Crippen molar-refractivity contribution in [3.05, 3.63) is 127 Å². The summed E-state index contributed by atoms with van der Waals surface area (Å²) in [6.07, 6.45) is 6.80. The van der Waals surface area contributed by atoms with Crippen LogP contribution in [0.4, 0.5) is 0 Å². The molecule has 8 heteroatoms. The molecule has 5 atom stereocenters. The van der Waals surface area contributed by atoms with Crippen molar-refractivity contribution in [1.29, 1.82) is 0 Å². The van der Waals surface area contributed by atoms with Crippen molar-refractivity contribution < 1.29 is 24.9 Å². The minimum Gasteiger partial charge on any atom is -0.393 e. The van der Waals surface area contributed by atoms with Crippen molar-refractivity contribution in [2.45, 2.75) is 102 Å². The lowest BCUT2D eigenvalue weighted by molar-refractivity contribution is -0.0905. The van der Waals surface area contributed by atoms with Crippen molar-refractivity contribution in [3.8, 4) is 0 Å². The predicted molar refractivity (Wildman–Crippen MR) is 212 cm³/mol. The van der Waals surface area contributed by atoms with Gasteiger partial charge in [-0.3, -0.25) is 9.69 Å². The fraction of sp³-hybridized carbons (Fsp3) is 0.477. The predicted octanol–water partition coefficient (Wildman–Crippen LogP) is 8.51. The number of benzene rings is 2. The number of ketones is 1. The van der Waals surface area contributed by atoms with Crippen LogP contribution in [0.15, 0.2) is 89.8 Å². The summed E-state index contributed by atoms with van der Waals surface area (Å²) < 4.78 is 5.94. The van der Waals surface area contributed by atoms with Crippen LogP contribution in [0.5, 0.6) is 0 Å². The first-order valence-electron chi connectivity index (χ1n) is 18.9. The number of carbonyl (C=O) groups excluding carboxylic acids is 1. The van der Waals surface area contributed by atoms with Gasteiger partial charge in [0.15, 0.2) is 0 Å². The molecule has 0 saturated heterocycles. The molecule has 0 radical (unpaired) electrons. The number of aliphatic hydroxyl groups excluding tert-OH is 2. The quantitative estimate of drug-likeness (QED) is 0.0941. The monoisotopic (exact) mass is 741 g/mol. The van der Waals surface area contributed by atoms with Gasteiger partial charge in [-0.1, -0.05) is 67.1 Å². The number of ether oxygens (including phenoxy) is 1. The first-order valence-corrected chi connectivity index (χ1v) is 20.6. The minimum atomic E-state index is -1.06. The SMILES string of the molecule is CC1=CCCC2(C)C(CCC2(O)CN(CCc2cccs2)CC(O)COCc2ccccc2)c2ccc(cc2C(=O)c2ccc(C)s2)CC(O)CC1. The Kier molecular flexibility index (Phi) is 13.0. The average Bonchev–Trinajstić information content (AvgIpc) is 3.87. The van der Waals surface area contributed by atoms with E-state index < -0.39 is 23.2 Å². The fourth-order valence-electron chi connectivity index (χ4n) is 8.45. The van der Waals surface area contributed by atoms with E-state index in [2.05, 4.69) is 54.5 Å². The highest BCUT2D eigenvalue weighted by molar-refractivity contribution is 7.14. The molecule has 1 saturated carbocycles. The topological polar surface area (TPSA) is 90.2 Å². The lowest BCUT2D eigenvalue weighted by atomic mass is 9.64. The second-order valence-corrected chi connectivity index (χ2v) is 17.7. The fourth-order valence-corrected chi connectivity index (χ4v) is 9.97. The molecule has 6 nitrogen and oxygen atoms in total. The second kappa shape index (κ2) is 17.5. The van der Waals surface area contributed by atoms with Crippen LogP contribution in [0.2, 0.25) is 0 Å². The number of aliphatic hydroxyl groups is 3. The highest BCUT2D eigenvalue weighted by Crippen LogP contribution is 2.59. The first kappa shape index (κ1) is 38.8. The van der Waals surface area contributed by atoms with Gasteiger partial charge in [0, 0.05) is 40.4 Å². The largest absolute Gasteiger partial charge is 0.393 e. The summed E-state index contributed by atoms with van der Waals surface area (Å²) in [5.74, 6) is -0.0346. The Morgan fingerprint density at radius 3 is 2.62 bits per heavy atom. The third-order valence-electron chi connectivity index (χ3n) is 11.5. The molecular weight excluding hydrogens is 687 g/mol. The molecule has 1 fully saturated rings. The third-order valence-corrected chi connectivity index (χ3v) is 13.4. The summed E-state index contributed by atoms with van der Waals surface area (Å²) in [6.45, 7) is 8.56. The van der Waals surface area contributed by atoms with E-state index >= 15 is 0 Å². The highest BCUT2D eigenvalue weighted by Gasteiger charge is 2.57. The van der Waals surface area contributed by atoms with Crippen LogP contribution in [0.3, 0.4) is 0 Å². The summed E-state index contributed by atoms with van der Waals surface area (Å²) in [7, 11) is 0. The molecule has 7 rings (SSSR count). The van der Waals surface area contributed by atoms with E-state index in [0.29, 0.717) is 55.9 Å². The molecule has 2 aromatic carbocycles. The molecule has 4 aromatic rings. The summed E-state index contributed by atoms with van der Waals surface area (Å²) in [5.41, 5.74) is 3.35. The Bertz CT molecular complexity index is 1780. The standard InChI is InChI=1S/C44H55NO5S2/c1-31-9-7-21-43(3)40(38-17-15-34(25-35(46)16-13-31)26-39(38)42(48)41-18-14-32(2)52-41)19-22-44(43,49)30-45(23-20-37-12-8-24-51-37)27-36(47)29-50-28-33-10-5-4-6-11-33/h4-6,8-12,14-15,17-18,24,26,35-36,40,46-47,49H,7,13,16,19-23,25,27-30H2,1-3H3. The van der Waals surface area contributed by atoms with Crippen LogP contribution >= 0.6 is 22.7 Å². The van der Waals surface area contributed by atoms with Crippen LogP contribution in [0, 0.1) is 12.3 Å². The zero-order valence-corrected chi connectivity index (χ0v) is 32.6. The zero-order chi connectivity index (χ0) is 36.7. The van der Waals surface area contributed by atoms with E-state index in [1.54, 1.807) is 11.3 Å². The molecule has 3 N–H and O–H groups in total. The number of fused-ring (bicyclic) bond motifs is 8. The number of hydrogen-bond donors (Lipinski definition) is 3. The maximum Gasteiger partial charge on any atom is 0.203 e. The van der Waals surface area contributed by atoms with Gasteiger partial charge in [0.1, 0.15) is 0 Å². The van der Waals surface area contributed by atoms with Crippen LogP contribution in [0.25, 0.3) is 0 Å². The van der Waals surface area contributed by atoms with Gasteiger partial charge in [0.2, 0.25) is 5.78 Å². The van der Waals surface area contributed by atoms with Gasteiger partial charge in [0.05, 0.1) is 35.9 Å². The molecule has 0 spiro atoms. The van der Waals surface area contributed by atoms with E-state index in [-0.39, 0.29) is 18.3 Å². The number of allylic oxidation sites excluding steroid dienone is 2. The van der Waals surface area contributed by atoms with Gasteiger partial charge in [-0.25, -0.2) is 0 Å². The molecule has 2 aromatic heterocycles. The molecule has 5 unspecified atom stereocenters. The van der Waals surface area contributed by atoms with E-state index in [4.69, 9.17) is 4.74 Å². The Balaban J connectivity index is 1.31. The Morgan fingerprint density at radius 1 is 1.04 bits per heavy atom. The first-order chi connectivity index (χ1) is 25.0. The van der Waals surface area contributed by atoms with Gasteiger partial charge < -0.3 is 20.1 Å². The number of aryl methyl sites for hydroxylation is 1. The van der Waals surface area contributed by atoms with Gasteiger partial charge >= 0.3 is 0 Å². The number of carbonyl (C=O) groups is 1. The Labute approximate surface area is 317 Å². The lowest BCUT2D eigenvalue weighted by Crippen LogP contribution is -2.54. The molecule has 3 aliphatic rings. The van der Waals surface area contributed by atoms with E-state index in [1.807, 2.05) is 55.5 Å². The molecule has 52 heavy (non-hydrogen) atoms. The molecular formula is C44H55NO5S2. The van der Waals surface area contributed by atoms with Crippen LogP contribution < -0.4 is 0 Å². The summed E-state index contributed by atoms with van der Waals surface area (Å²) >= 11 is 3.25. The molecule has 278 valence electrons. The lowest BCUT2D eigenvalue weighted by Gasteiger charge is -2.46. The molecule has 0 aliphatic heterocycles. The number of hydrogen-bond acceptors (Lipinski definition) is 8. The van der Waals surface area contributed by atoms with Crippen LogP contribution in [-0.4, -0.2) is 70.1 Å². The van der Waals surface area contributed by atoms with E-state index in [9.17, 15) is 20.1 Å². The third kappa shape index (κ3) is 9.40. The van der Waals surface area contributed by atoms with Crippen LogP contribution in [0.1, 0.15) is 100.0 Å². The average molecular weight is 742 g/mol. The molecule has 2 heterocycles. The number of nitrogens with zero attached hydrogens (tertiary/aromatic N) is 1. The Morgan fingerprint density at radius 2 is 1.87 bits per heavy atom. The van der Waals surface area contributed by atoms with Crippen molar-refractivity contribution in [2.24, 2.45) is 5.41 Å². The van der Waals surface area contributed by atoms with Crippen LogP contribution in [-0.2, 0) is 24.2 Å². The summed E-state index contributed by atoms with van der Waals surface area (Å²) in [5, 5.41) is 37.4. The normalized spacial score (nSPS) is 24.4. The minimum absolute atomic E-state index is 0.0151. The maximum atomic E-state index is 14.3.